The Kier molecular flexibility index (Phi) is 4.08. The fraction of sp³-hybridized carbons (Fsp3) is 0.357. The number of pyridine rings is 1. The molecular weight excluding hydrogens is 274 g/mol. The Labute approximate surface area is 123 Å². The van der Waals surface area contributed by atoms with Crippen molar-refractivity contribution in [2.24, 2.45) is 0 Å². The zero-order valence-corrected chi connectivity index (χ0v) is 11.9. The third-order valence-corrected chi connectivity index (χ3v) is 3.59. The van der Waals surface area contributed by atoms with Gasteiger partial charge in [-0.15, -0.1) is 0 Å². The molecule has 1 aliphatic rings. The van der Waals surface area contributed by atoms with Crippen molar-refractivity contribution in [1.29, 1.82) is 0 Å². The normalized spacial score (nSPS) is 16.4. The van der Waals surface area contributed by atoms with Gasteiger partial charge in [-0.3, -0.25) is 9.88 Å². The summed E-state index contributed by atoms with van der Waals surface area (Å²) >= 11 is 5.81. The van der Waals surface area contributed by atoms with Crippen LogP contribution in [0.2, 0.25) is 5.02 Å². The molecule has 0 N–H and O–H groups in total. The van der Waals surface area contributed by atoms with Gasteiger partial charge in [-0.1, -0.05) is 17.7 Å². The van der Waals surface area contributed by atoms with E-state index in [1.807, 2.05) is 12.3 Å². The van der Waals surface area contributed by atoms with Crippen LogP contribution in [-0.4, -0.2) is 46.0 Å². The first-order chi connectivity index (χ1) is 9.81. The molecule has 0 aromatic carbocycles. The third kappa shape index (κ3) is 3.23. The van der Waals surface area contributed by atoms with Gasteiger partial charge in [-0.25, -0.2) is 9.97 Å². The van der Waals surface area contributed by atoms with Crippen molar-refractivity contribution in [3.63, 3.8) is 0 Å². The molecule has 2 aromatic rings. The van der Waals surface area contributed by atoms with Crippen molar-refractivity contribution in [2.45, 2.75) is 6.54 Å². The first kappa shape index (κ1) is 13.3. The maximum absolute atomic E-state index is 5.81. The fourth-order valence-corrected chi connectivity index (χ4v) is 2.42. The summed E-state index contributed by atoms with van der Waals surface area (Å²) in [5.74, 6) is 0.760. The minimum absolute atomic E-state index is 0.573. The van der Waals surface area contributed by atoms with Gasteiger partial charge in [0.1, 0.15) is 0 Å². The molecular formula is C14H16ClN5. The Bertz CT molecular complexity index is 537. The second kappa shape index (κ2) is 6.15. The molecule has 20 heavy (non-hydrogen) atoms. The molecule has 0 saturated carbocycles. The zero-order chi connectivity index (χ0) is 13.8. The van der Waals surface area contributed by atoms with Crippen molar-refractivity contribution in [1.82, 2.24) is 19.9 Å². The van der Waals surface area contributed by atoms with Crippen LogP contribution in [0.15, 0.2) is 36.9 Å². The van der Waals surface area contributed by atoms with Gasteiger partial charge in [0.25, 0.3) is 0 Å². The lowest BCUT2D eigenvalue weighted by Crippen LogP contribution is -2.46. The largest absolute Gasteiger partial charge is 0.338 e. The Balaban J connectivity index is 1.55. The minimum Gasteiger partial charge on any atom is -0.338 e. The summed E-state index contributed by atoms with van der Waals surface area (Å²) in [6.45, 7) is 4.81. The summed E-state index contributed by atoms with van der Waals surface area (Å²) < 4.78 is 0. The van der Waals surface area contributed by atoms with Gasteiger partial charge in [-0.2, -0.15) is 0 Å². The lowest BCUT2D eigenvalue weighted by Gasteiger charge is -2.34. The molecule has 3 rings (SSSR count). The molecule has 0 atom stereocenters. The van der Waals surface area contributed by atoms with Gasteiger partial charge in [-0.05, 0) is 11.6 Å². The van der Waals surface area contributed by atoms with Crippen LogP contribution >= 0.6 is 11.6 Å². The van der Waals surface area contributed by atoms with Gasteiger partial charge in [0, 0.05) is 45.1 Å². The Morgan fingerprint density at radius 3 is 2.45 bits per heavy atom. The molecule has 0 radical (unpaired) electrons. The summed E-state index contributed by atoms with van der Waals surface area (Å²) in [6, 6.07) is 4.09. The maximum atomic E-state index is 5.81. The van der Waals surface area contributed by atoms with Crippen molar-refractivity contribution in [3.8, 4) is 0 Å². The summed E-state index contributed by atoms with van der Waals surface area (Å²) in [5, 5.41) is 0.573. The Morgan fingerprint density at radius 2 is 1.80 bits per heavy atom. The quantitative estimate of drug-likeness (QED) is 0.863. The number of aromatic nitrogens is 3. The molecule has 0 unspecified atom stereocenters. The number of anilines is 1. The van der Waals surface area contributed by atoms with Crippen molar-refractivity contribution in [2.75, 3.05) is 31.1 Å². The maximum Gasteiger partial charge on any atom is 0.225 e. The van der Waals surface area contributed by atoms with Gasteiger partial charge in [0.2, 0.25) is 5.95 Å². The summed E-state index contributed by atoms with van der Waals surface area (Å²) in [7, 11) is 0. The van der Waals surface area contributed by atoms with E-state index in [0.29, 0.717) is 5.02 Å². The molecule has 6 heteroatoms. The standard InChI is InChI=1S/C14H16ClN5/c15-13-9-17-14(18-10-13)20-6-4-19(5-7-20)11-12-2-1-3-16-8-12/h1-3,8-10H,4-7,11H2. The first-order valence-corrected chi connectivity index (χ1v) is 7.03. The number of rotatable bonds is 3. The lowest BCUT2D eigenvalue weighted by molar-refractivity contribution is 0.248. The average Bonchev–Trinajstić information content (AvgIpc) is 2.50. The molecule has 1 aliphatic heterocycles. The molecule has 3 heterocycles. The second-order valence-electron chi connectivity index (χ2n) is 4.83. The topological polar surface area (TPSA) is 45.2 Å². The van der Waals surface area contributed by atoms with E-state index in [0.717, 1.165) is 38.7 Å². The highest BCUT2D eigenvalue weighted by atomic mass is 35.5. The van der Waals surface area contributed by atoms with Crippen LogP contribution in [0, 0.1) is 0 Å². The van der Waals surface area contributed by atoms with Crippen molar-refractivity contribution in [3.05, 3.63) is 47.5 Å². The van der Waals surface area contributed by atoms with E-state index < -0.39 is 0 Å². The van der Waals surface area contributed by atoms with E-state index in [2.05, 4.69) is 30.8 Å². The van der Waals surface area contributed by atoms with Crippen LogP contribution in [0.1, 0.15) is 5.56 Å². The zero-order valence-electron chi connectivity index (χ0n) is 11.1. The van der Waals surface area contributed by atoms with Gasteiger partial charge in [0.05, 0.1) is 17.4 Å². The van der Waals surface area contributed by atoms with Crippen molar-refractivity contribution < 1.29 is 0 Å². The van der Waals surface area contributed by atoms with Gasteiger partial charge in [0.15, 0.2) is 0 Å². The monoisotopic (exact) mass is 289 g/mol. The first-order valence-electron chi connectivity index (χ1n) is 6.65. The van der Waals surface area contributed by atoms with Crippen LogP contribution in [0.4, 0.5) is 5.95 Å². The van der Waals surface area contributed by atoms with Crippen LogP contribution in [-0.2, 0) is 6.54 Å². The third-order valence-electron chi connectivity index (χ3n) is 3.39. The SMILES string of the molecule is Clc1cnc(N2CCN(Cc3cccnc3)CC2)nc1. The van der Waals surface area contributed by atoms with Crippen LogP contribution in [0.5, 0.6) is 0 Å². The molecule has 104 valence electrons. The van der Waals surface area contributed by atoms with Gasteiger partial charge >= 0.3 is 0 Å². The van der Waals surface area contributed by atoms with E-state index in [-0.39, 0.29) is 0 Å². The molecule has 0 spiro atoms. The van der Waals surface area contributed by atoms with Gasteiger partial charge < -0.3 is 4.90 Å². The Hall–Kier alpha value is -1.72. The average molecular weight is 290 g/mol. The molecule has 0 bridgehead atoms. The summed E-state index contributed by atoms with van der Waals surface area (Å²) in [5.41, 5.74) is 1.25. The van der Waals surface area contributed by atoms with Crippen LogP contribution < -0.4 is 4.90 Å². The number of halogens is 1. The number of hydrogen-bond donors (Lipinski definition) is 0. The summed E-state index contributed by atoms with van der Waals surface area (Å²) in [6.07, 6.45) is 7.02. The van der Waals surface area contributed by atoms with Crippen LogP contribution in [0.25, 0.3) is 0 Å². The molecule has 2 aromatic heterocycles. The van der Waals surface area contributed by atoms with Crippen LogP contribution in [0.3, 0.4) is 0 Å². The molecule has 0 amide bonds. The lowest BCUT2D eigenvalue weighted by atomic mass is 10.2. The number of hydrogen-bond acceptors (Lipinski definition) is 5. The molecule has 0 aliphatic carbocycles. The molecule has 1 saturated heterocycles. The number of nitrogens with zero attached hydrogens (tertiary/aromatic N) is 5. The van der Waals surface area contributed by atoms with E-state index >= 15 is 0 Å². The van der Waals surface area contributed by atoms with E-state index in [9.17, 15) is 0 Å². The number of piperazine rings is 1. The highest BCUT2D eigenvalue weighted by Crippen LogP contribution is 2.14. The van der Waals surface area contributed by atoms with Crippen molar-refractivity contribution >= 4 is 17.5 Å². The highest BCUT2D eigenvalue weighted by molar-refractivity contribution is 6.30. The smallest absolute Gasteiger partial charge is 0.225 e. The summed E-state index contributed by atoms with van der Waals surface area (Å²) in [4.78, 5) is 17.3. The minimum atomic E-state index is 0.573. The second-order valence-corrected chi connectivity index (χ2v) is 5.26. The van der Waals surface area contributed by atoms with E-state index in [1.165, 1.54) is 5.56 Å². The Morgan fingerprint density at radius 1 is 1.05 bits per heavy atom. The van der Waals surface area contributed by atoms with E-state index in [4.69, 9.17) is 11.6 Å². The predicted molar refractivity (Wildman–Crippen MR) is 78.8 cm³/mol. The predicted octanol–water partition coefficient (Wildman–Crippen LogP) is 1.85. The molecule has 5 nitrogen and oxygen atoms in total. The highest BCUT2D eigenvalue weighted by Gasteiger charge is 2.18. The molecule has 1 fully saturated rings. The van der Waals surface area contributed by atoms with E-state index in [1.54, 1.807) is 18.6 Å². The fourth-order valence-electron chi connectivity index (χ4n) is 2.32.